The summed E-state index contributed by atoms with van der Waals surface area (Å²) in [5.74, 6) is 0.0500. The second-order valence-electron chi connectivity index (χ2n) is 6.10. The Balaban J connectivity index is 2.23. The van der Waals surface area contributed by atoms with Gasteiger partial charge in [0.2, 0.25) is 0 Å². The lowest BCUT2D eigenvalue weighted by molar-refractivity contribution is 0.112. The summed E-state index contributed by atoms with van der Waals surface area (Å²) in [4.78, 5) is 15.2. The molecule has 24 heavy (non-hydrogen) atoms. The number of para-hydroxylation sites is 2. The molecule has 0 aliphatic heterocycles. The number of aromatic hydroxyl groups is 1. The second-order valence-corrected chi connectivity index (χ2v) is 6.10. The molecule has 0 unspecified atom stereocenters. The molecule has 116 valence electrons. The van der Waals surface area contributed by atoms with Gasteiger partial charge in [0, 0.05) is 34.2 Å². The van der Waals surface area contributed by atoms with Crippen molar-refractivity contribution in [1.29, 1.82) is 0 Å². The van der Waals surface area contributed by atoms with E-state index in [0.29, 0.717) is 10.9 Å². The molecule has 0 saturated carbocycles. The number of benzene rings is 3. The number of carbonyl (C=O) groups is 1. The highest BCUT2D eigenvalue weighted by atomic mass is 16.3. The summed E-state index contributed by atoms with van der Waals surface area (Å²) in [6.07, 6.45) is 0.749. The van der Waals surface area contributed by atoms with Crippen LogP contribution in [0.25, 0.3) is 43.6 Å². The number of nitrogens with zero attached hydrogens (tertiary/aromatic N) is 1. The number of phenols is 1. The number of aryl methyl sites for hydroxylation is 1. The number of aromatic nitrogens is 2. The molecule has 2 aromatic heterocycles. The Morgan fingerprint density at radius 2 is 1.71 bits per heavy atom. The van der Waals surface area contributed by atoms with E-state index in [1.54, 1.807) is 0 Å². The van der Waals surface area contributed by atoms with Crippen molar-refractivity contribution in [2.24, 2.45) is 7.05 Å². The van der Waals surface area contributed by atoms with Gasteiger partial charge in [0.25, 0.3) is 0 Å². The van der Waals surface area contributed by atoms with E-state index in [9.17, 15) is 9.90 Å². The first-order chi connectivity index (χ1) is 11.7. The van der Waals surface area contributed by atoms with Crippen molar-refractivity contribution in [3.05, 3.63) is 54.1 Å². The molecule has 0 aliphatic carbocycles. The molecule has 0 saturated heterocycles. The number of aromatic amines is 1. The second kappa shape index (κ2) is 4.38. The van der Waals surface area contributed by atoms with Gasteiger partial charge in [0.15, 0.2) is 6.29 Å². The Bertz CT molecular complexity index is 1290. The van der Waals surface area contributed by atoms with Crippen LogP contribution < -0.4 is 0 Å². The summed E-state index contributed by atoms with van der Waals surface area (Å²) in [6.45, 7) is 0. The van der Waals surface area contributed by atoms with Gasteiger partial charge in [-0.25, -0.2) is 0 Å². The topological polar surface area (TPSA) is 58.0 Å². The molecule has 0 aliphatic rings. The molecule has 3 aromatic carbocycles. The van der Waals surface area contributed by atoms with Crippen LogP contribution in [0.3, 0.4) is 0 Å². The van der Waals surface area contributed by atoms with Crippen LogP contribution in [0.5, 0.6) is 5.75 Å². The van der Waals surface area contributed by atoms with E-state index in [2.05, 4.69) is 9.55 Å². The highest BCUT2D eigenvalue weighted by Crippen LogP contribution is 2.43. The number of hydrogen-bond donors (Lipinski definition) is 2. The Morgan fingerprint density at radius 3 is 2.50 bits per heavy atom. The maximum Gasteiger partial charge on any atom is 0.154 e. The van der Waals surface area contributed by atoms with Crippen molar-refractivity contribution in [3.63, 3.8) is 0 Å². The third-order valence-corrected chi connectivity index (χ3v) is 4.93. The van der Waals surface area contributed by atoms with Crippen LogP contribution in [0.1, 0.15) is 10.4 Å². The van der Waals surface area contributed by atoms with Crippen LogP contribution in [-0.2, 0) is 7.05 Å². The maximum atomic E-state index is 11.8. The molecule has 4 heteroatoms. The summed E-state index contributed by atoms with van der Waals surface area (Å²) in [5, 5.41) is 14.3. The normalized spacial score (nSPS) is 11.9. The number of aldehydes is 1. The number of fused-ring (bicyclic) bond motifs is 7. The lowest BCUT2D eigenvalue weighted by Gasteiger charge is -2.05. The van der Waals surface area contributed by atoms with Gasteiger partial charge in [0.1, 0.15) is 5.75 Å². The summed E-state index contributed by atoms with van der Waals surface area (Å²) >= 11 is 0. The zero-order chi connectivity index (χ0) is 16.4. The summed E-state index contributed by atoms with van der Waals surface area (Å²) in [5.41, 5.74) is 4.10. The number of hydrogen-bond acceptors (Lipinski definition) is 2. The molecular weight excluding hydrogens is 300 g/mol. The Hall–Kier alpha value is -3.27. The van der Waals surface area contributed by atoms with Crippen LogP contribution in [0.2, 0.25) is 0 Å². The number of rotatable bonds is 1. The van der Waals surface area contributed by atoms with Crippen molar-refractivity contribution in [2.75, 3.05) is 0 Å². The number of nitrogens with one attached hydrogen (secondary N) is 1. The molecule has 0 atom stereocenters. The molecule has 4 nitrogen and oxygen atoms in total. The summed E-state index contributed by atoms with van der Waals surface area (Å²) < 4.78 is 2.07. The fraction of sp³-hybridized carbons (Fsp3) is 0.0500. The lowest BCUT2D eigenvalue weighted by Crippen LogP contribution is -1.90. The van der Waals surface area contributed by atoms with Gasteiger partial charge in [0.05, 0.1) is 22.0 Å². The van der Waals surface area contributed by atoms with E-state index in [-0.39, 0.29) is 5.75 Å². The van der Waals surface area contributed by atoms with Crippen molar-refractivity contribution in [1.82, 2.24) is 9.55 Å². The highest BCUT2D eigenvalue weighted by molar-refractivity contribution is 6.28. The molecule has 5 aromatic rings. The standard InChI is InChI=1S/C20H14N2O2/c1-22-15-9-5-3-7-12(15)17-19(22)18-16(13(10-23)20(17)24)11-6-2-4-8-14(11)21-18/h2-10,21,24H,1H3. The van der Waals surface area contributed by atoms with E-state index in [0.717, 1.165) is 44.5 Å². The van der Waals surface area contributed by atoms with Gasteiger partial charge in [-0.05, 0) is 12.1 Å². The van der Waals surface area contributed by atoms with Crippen LogP contribution in [0.4, 0.5) is 0 Å². The van der Waals surface area contributed by atoms with Crippen LogP contribution in [-0.4, -0.2) is 20.9 Å². The first kappa shape index (κ1) is 13.2. The molecular formula is C20H14N2O2. The van der Waals surface area contributed by atoms with E-state index < -0.39 is 0 Å². The van der Waals surface area contributed by atoms with E-state index in [1.165, 1.54) is 0 Å². The molecule has 2 N–H and O–H groups in total. The molecule has 5 rings (SSSR count). The summed E-state index contributed by atoms with van der Waals surface area (Å²) in [7, 11) is 1.98. The number of carbonyl (C=O) groups excluding carboxylic acids is 1. The maximum absolute atomic E-state index is 11.8. The average molecular weight is 314 g/mol. The van der Waals surface area contributed by atoms with Crippen LogP contribution in [0, 0.1) is 0 Å². The SMILES string of the molecule is Cn1c2ccccc2c2c(O)c(C=O)c3c4ccccc4[nH]c3c21. The quantitative estimate of drug-likeness (QED) is 0.448. The third kappa shape index (κ3) is 1.41. The zero-order valence-corrected chi connectivity index (χ0v) is 13.0. The van der Waals surface area contributed by atoms with Crippen LogP contribution in [0.15, 0.2) is 48.5 Å². The highest BCUT2D eigenvalue weighted by Gasteiger charge is 2.22. The van der Waals surface area contributed by atoms with Crippen molar-refractivity contribution in [3.8, 4) is 5.75 Å². The molecule has 0 spiro atoms. The first-order valence-electron chi connectivity index (χ1n) is 7.80. The van der Waals surface area contributed by atoms with E-state index in [1.807, 2.05) is 55.6 Å². The first-order valence-corrected chi connectivity index (χ1v) is 7.80. The van der Waals surface area contributed by atoms with Gasteiger partial charge >= 0.3 is 0 Å². The van der Waals surface area contributed by atoms with Gasteiger partial charge in [-0.1, -0.05) is 36.4 Å². The molecule has 2 heterocycles. The predicted molar refractivity (Wildman–Crippen MR) is 96.8 cm³/mol. The monoisotopic (exact) mass is 314 g/mol. The smallest absolute Gasteiger partial charge is 0.154 e. The van der Waals surface area contributed by atoms with Gasteiger partial charge < -0.3 is 14.7 Å². The molecule has 0 amide bonds. The van der Waals surface area contributed by atoms with Crippen molar-refractivity contribution >= 4 is 49.9 Å². The molecule has 0 bridgehead atoms. The Morgan fingerprint density at radius 1 is 1.00 bits per heavy atom. The fourth-order valence-corrected chi connectivity index (χ4v) is 3.89. The minimum absolute atomic E-state index is 0.0500. The van der Waals surface area contributed by atoms with E-state index in [4.69, 9.17) is 0 Å². The Kier molecular flexibility index (Phi) is 2.41. The van der Waals surface area contributed by atoms with Gasteiger partial charge in [-0.3, -0.25) is 4.79 Å². The van der Waals surface area contributed by atoms with E-state index >= 15 is 0 Å². The Labute approximate surface area is 136 Å². The zero-order valence-electron chi connectivity index (χ0n) is 13.0. The fourth-order valence-electron chi connectivity index (χ4n) is 3.89. The average Bonchev–Trinajstić information content (AvgIpc) is 3.13. The minimum Gasteiger partial charge on any atom is -0.506 e. The lowest BCUT2D eigenvalue weighted by atomic mass is 10.0. The van der Waals surface area contributed by atoms with Gasteiger partial charge in [-0.2, -0.15) is 0 Å². The molecule has 0 radical (unpaired) electrons. The van der Waals surface area contributed by atoms with Gasteiger partial charge in [-0.15, -0.1) is 0 Å². The van der Waals surface area contributed by atoms with Crippen LogP contribution >= 0.6 is 0 Å². The number of phenolic OH excluding ortho intramolecular Hbond substituents is 1. The van der Waals surface area contributed by atoms with Crippen molar-refractivity contribution in [2.45, 2.75) is 0 Å². The third-order valence-electron chi connectivity index (χ3n) is 4.93. The minimum atomic E-state index is 0.0500. The predicted octanol–water partition coefficient (Wildman–Crippen LogP) is 4.48. The largest absolute Gasteiger partial charge is 0.506 e. The molecule has 0 fully saturated rings. The van der Waals surface area contributed by atoms with Crippen molar-refractivity contribution < 1.29 is 9.90 Å². The summed E-state index contributed by atoms with van der Waals surface area (Å²) in [6, 6.07) is 15.7. The number of H-pyrrole nitrogens is 1.